The number of nitriles is 1. The molecule has 13 heavy (non-hydrogen) atoms. The smallest absolute Gasteiger partial charge is 0.122 e. The van der Waals surface area contributed by atoms with E-state index in [9.17, 15) is 0 Å². The molecule has 0 spiro atoms. The zero-order valence-corrected chi connectivity index (χ0v) is 7.96. The normalized spacial score (nSPS) is 15.8. The number of anilines is 1. The minimum absolute atomic E-state index is 0.556. The molecule has 0 unspecified atom stereocenters. The van der Waals surface area contributed by atoms with Crippen LogP contribution < -0.4 is 5.73 Å². The SMILES string of the molecule is Cc1c(C#N)c(N)n(C2CC2)c1C. The van der Waals surface area contributed by atoms with Gasteiger partial charge in [0.15, 0.2) is 0 Å². The van der Waals surface area contributed by atoms with Crippen LogP contribution in [0, 0.1) is 25.2 Å². The van der Waals surface area contributed by atoms with E-state index in [1.165, 1.54) is 12.8 Å². The second-order valence-electron chi connectivity index (χ2n) is 3.68. The number of hydrogen-bond acceptors (Lipinski definition) is 2. The number of rotatable bonds is 1. The van der Waals surface area contributed by atoms with Crippen LogP contribution in [0.3, 0.4) is 0 Å². The van der Waals surface area contributed by atoms with Crippen LogP contribution in [0.5, 0.6) is 0 Å². The molecule has 0 aromatic carbocycles. The van der Waals surface area contributed by atoms with Crippen LogP contribution >= 0.6 is 0 Å². The maximum Gasteiger partial charge on any atom is 0.122 e. The van der Waals surface area contributed by atoms with E-state index in [0.717, 1.165) is 11.3 Å². The third-order valence-electron chi connectivity index (χ3n) is 2.82. The summed E-state index contributed by atoms with van der Waals surface area (Å²) in [7, 11) is 0. The van der Waals surface area contributed by atoms with Crippen molar-refractivity contribution in [2.45, 2.75) is 32.7 Å². The summed E-state index contributed by atoms with van der Waals surface area (Å²) in [6, 6.07) is 2.72. The first-order valence-corrected chi connectivity index (χ1v) is 4.53. The highest BCUT2D eigenvalue weighted by Crippen LogP contribution is 2.40. The lowest BCUT2D eigenvalue weighted by molar-refractivity contribution is 0.730. The largest absolute Gasteiger partial charge is 0.384 e. The van der Waals surface area contributed by atoms with E-state index in [0.29, 0.717) is 17.4 Å². The number of hydrogen-bond donors (Lipinski definition) is 1. The summed E-state index contributed by atoms with van der Waals surface area (Å²) < 4.78 is 2.11. The van der Waals surface area contributed by atoms with E-state index in [1.807, 2.05) is 13.8 Å². The summed E-state index contributed by atoms with van der Waals surface area (Å²) in [5.74, 6) is 0.653. The molecule has 2 N–H and O–H groups in total. The van der Waals surface area contributed by atoms with Gasteiger partial charge in [-0.25, -0.2) is 0 Å². The average molecular weight is 175 g/mol. The summed E-state index contributed by atoms with van der Waals surface area (Å²) in [6.07, 6.45) is 2.40. The van der Waals surface area contributed by atoms with Crippen molar-refractivity contribution >= 4 is 5.82 Å². The lowest BCUT2D eigenvalue weighted by Gasteiger charge is -2.05. The van der Waals surface area contributed by atoms with Crippen molar-refractivity contribution in [1.29, 1.82) is 5.26 Å². The molecule has 1 aliphatic rings. The van der Waals surface area contributed by atoms with Crippen molar-refractivity contribution in [3.8, 4) is 6.07 Å². The van der Waals surface area contributed by atoms with Crippen LogP contribution in [-0.4, -0.2) is 4.57 Å². The molecular formula is C10H13N3. The molecule has 68 valence electrons. The van der Waals surface area contributed by atoms with Gasteiger partial charge in [-0.05, 0) is 32.3 Å². The van der Waals surface area contributed by atoms with Crippen LogP contribution in [0.15, 0.2) is 0 Å². The maximum absolute atomic E-state index is 8.90. The summed E-state index contributed by atoms with van der Waals surface area (Å²) in [4.78, 5) is 0. The fourth-order valence-corrected chi connectivity index (χ4v) is 1.80. The van der Waals surface area contributed by atoms with Crippen molar-refractivity contribution < 1.29 is 0 Å². The summed E-state index contributed by atoms with van der Waals surface area (Å²) >= 11 is 0. The molecule has 3 heteroatoms. The highest BCUT2D eigenvalue weighted by atomic mass is 15.1. The van der Waals surface area contributed by atoms with Gasteiger partial charge >= 0.3 is 0 Å². The number of aromatic nitrogens is 1. The molecule has 3 nitrogen and oxygen atoms in total. The minimum Gasteiger partial charge on any atom is -0.384 e. The first-order valence-electron chi connectivity index (χ1n) is 4.53. The average Bonchev–Trinajstić information content (AvgIpc) is 2.86. The number of nitrogens with zero attached hydrogens (tertiary/aromatic N) is 2. The first-order chi connectivity index (χ1) is 6.16. The molecule has 0 saturated heterocycles. The van der Waals surface area contributed by atoms with E-state index in [4.69, 9.17) is 11.0 Å². The van der Waals surface area contributed by atoms with Crippen LogP contribution in [0.2, 0.25) is 0 Å². The first kappa shape index (κ1) is 8.18. The van der Waals surface area contributed by atoms with Gasteiger partial charge in [0.05, 0.1) is 5.56 Å². The molecule has 0 aliphatic heterocycles. The van der Waals surface area contributed by atoms with E-state index in [-0.39, 0.29) is 0 Å². The lowest BCUT2D eigenvalue weighted by Crippen LogP contribution is -2.02. The monoisotopic (exact) mass is 175 g/mol. The summed E-state index contributed by atoms with van der Waals surface area (Å²) in [5, 5.41) is 8.90. The molecule has 0 amide bonds. The molecule has 1 fully saturated rings. The van der Waals surface area contributed by atoms with E-state index in [1.54, 1.807) is 0 Å². The quantitative estimate of drug-likeness (QED) is 0.708. The molecule has 1 heterocycles. The molecule has 0 radical (unpaired) electrons. The van der Waals surface area contributed by atoms with Gasteiger partial charge in [-0.3, -0.25) is 0 Å². The van der Waals surface area contributed by atoms with E-state index < -0.39 is 0 Å². The molecule has 1 aromatic rings. The number of nitrogen functional groups attached to an aromatic ring is 1. The van der Waals surface area contributed by atoms with Gasteiger partial charge < -0.3 is 10.3 Å². The molecule has 1 aromatic heterocycles. The Bertz CT molecular complexity index is 391. The van der Waals surface area contributed by atoms with Crippen LogP contribution in [0.1, 0.15) is 35.7 Å². The highest BCUT2D eigenvalue weighted by Gasteiger charge is 2.28. The predicted molar refractivity (Wildman–Crippen MR) is 51.3 cm³/mol. The minimum atomic E-state index is 0.556. The van der Waals surface area contributed by atoms with Gasteiger partial charge in [0.2, 0.25) is 0 Å². The van der Waals surface area contributed by atoms with Crippen molar-refractivity contribution in [2.75, 3.05) is 5.73 Å². The molecule has 1 aliphatic carbocycles. The lowest BCUT2D eigenvalue weighted by atomic mass is 10.2. The summed E-state index contributed by atoms with van der Waals surface area (Å²) in [5.41, 5.74) is 8.74. The van der Waals surface area contributed by atoms with Crippen LogP contribution in [0.4, 0.5) is 5.82 Å². The number of nitrogens with two attached hydrogens (primary N) is 1. The molecule has 2 rings (SSSR count). The van der Waals surface area contributed by atoms with Crippen LogP contribution in [0.25, 0.3) is 0 Å². The zero-order valence-electron chi connectivity index (χ0n) is 7.96. The van der Waals surface area contributed by atoms with Gasteiger partial charge in [-0.15, -0.1) is 0 Å². The molecule has 0 bridgehead atoms. The predicted octanol–water partition coefficient (Wildman–Crippen LogP) is 1.89. The Labute approximate surface area is 77.8 Å². The second-order valence-corrected chi connectivity index (χ2v) is 3.68. The second kappa shape index (κ2) is 2.53. The van der Waals surface area contributed by atoms with Crippen LogP contribution in [-0.2, 0) is 0 Å². The van der Waals surface area contributed by atoms with Crippen molar-refractivity contribution in [1.82, 2.24) is 4.57 Å². The highest BCUT2D eigenvalue weighted by molar-refractivity contribution is 5.58. The van der Waals surface area contributed by atoms with Gasteiger partial charge in [0.25, 0.3) is 0 Å². The fourth-order valence-electron chi connectivity index (χ4n) is 1.80. The Kier molecular flexibility index (Phi) is 1.59. The summed E-state index contributed by atoms with van der Waals surface area (Å²) in [6.45, 7) is 3.99. The van der Waals surface area contributed by atoms with Gasteiger partial charge in [-0.1, -0.05) is 0 Å². The molecule has 1 saturated carbocycles. The molecule has 0 atom stereocenters. The fraction of sp³-hybridized carbons (Fsp3) is 0.500. The van der Waals surface area contributed by atoms with E-state index >= 15 is 0 Å². The maximum atomic E-state index is 8.90. The van der Waals surface area contributed by atoms with Crippen molar-refractivity contribution in [2.24, 2.45) is 0 Å². The Morgan fingerprint density at radius 2 is 2.08 bits per heavy atom. The van der Waals surface area contributed by atoms with Gasteiger partial charge in [-0.2, -0.15) is 5.26 Å². The molecular weight excluding hydrogens is 162 g/mol. The third kappa shape index (κ3) is 1.02. The van der Waals surface area contributed by atoms with Crippen molar-refractivity contribution in [3.63, 3.8) is 0 Å². The van der Waals surface area contributed by atoms with Crippen molar-refractivity contribution in [3.05, 3.63) is 16.8 Å². The topological polar surface area (TPSA) is 54.7 Å². The Morgan fingerprint density at radius 1 is 1.46 bits per heavy atom. The van der Waals surface area contributed by atoms with E-state index in [2.05, 4.69) is 10.6 Å². The van der Waals surface area contributed by atoms with Gasteiger partial charge in [0, 0.05) is 11.7 Å². The zero-order chi connectivity index (χ0) is 9.59. The standard InChI is InChI=1S/C10H13N3/c1-6-7(2)13(8-3-4-8)10(12)9(6)5-11/h8H,3-4,12H2,1-2H3. The third-order valence-corrected chi connectivity index (χ3v) is 2.82. The Morgan fingerprint density at radius 3 is 2.46 bits per heavy atom. The Balaban J connectivity index is 2.63. The Hall–Kier alpha value is -1.43. The van der Waals surface area contributed by atoms with Gasteiger partial charge in [0.1, 0.15) is 11.9 Å².